The standard InChI is InChI=1S/C13H11BrClNO3S2/c14-10-3-1-2-9(8-10)13(17)16-7-6-11-4-5-12(20-11)21(15,18)19/h1-5,8H,6-7H2,(H,16,17). The Kier molecular flexibility index (Phi) is 5.43. The number of hydrogen-bond acceptors (Lipinski definition) is 4. The molecule has 0 atom stereocenters. The number of carbonyl (C=O) groups is 1. The molecule has 1 heterocycles. The predicted octanol–water partition coefficient (Wildman–Crippen LogP) is 3.41. The Morgan fingerprint density at radius 2 is 2.05 bits per heavy atom. The summed E-state index contributed by atoms with van der Waals surface area (Å²) < 4.78 is 23.3. The fourth-order valence-corrected chi connectivity index (χ4v) is 4.18. The van der Waals surface area contributed by atoms with Crippen LogP contribution in [-0.4, -0.2) is 20.9 Å². The van der Waals surface area contributed by atoms with Gasteiger partial charge >= 0.3 is 0 Å². The van der Waals surface area contributed by atoms with Gasteiger partial charge in [-0.25, -0.2) is 8.42 Å². The highest BCUT2D eigenvalue weighted by atomic mass is 79.9. The second kappa shape index (κ2) is 6.91. The normalized spacial score (nSPS) is 11.3. The maximum atomic E-state index is 11.9. The van der Waals surface area contributed by atoms with Gasteiger partial charge in [0.15, 0.2) is 0 Å². The molecule has 0 aliphatic rings. The van der Waals surface area contributed by atoms with Gasteiger partial charge in [0.1, 0.15) is 4.21 Å². The lowest BCUT2D eigenvalue weighted by atomic mass is 10.2. The fourth-order valence-electron chi connectivity index (χ4n) is 1.65. The van der Waals surface area contributed by atoms with Crippen LogP contribution < -0.4 is 5.32 Å². The van der Waals surface area contributed by atoms with Gasteiger partial charge < -0.3 is 5.32 Å². The minimum absolute atomic E-state index is 0.123. The molecule has 4 nitrogen and oxygen atoms in total. The third-order valence-electron chi connectivity index (χ3n) is 2.62. The van der Waals surface area contributed by atoms with E-state index in [4.69, 9.17) is 10.7 Å². The highest BCUT2D eigenvalue weighted by Gasteiger charge is 2.13. The molecule has 8 heteroatoms. The molecule has 0 saturated heterocycles. The Hall–Kier alpha value is -0.890. The van der Waals surface area contributed by atoms with Gasteiger partial charge in [-0.15, -0.1) is 11.3 Å². The third kappa shape index (κ3) is 4.81. The summed E-state index contributed by atoms with van der Waals surface area (Å²) in [5.41, 5.74) is 0.569. The molecule has 0 fully saturated rings. The lowest BCUT2D eigenvalue weighted by molar-refractivity contribution is 0.0954. The Labute approximate surface area is 139 Å². The lowest BCUT2D eigenvalue weighted by Gasteiger charge is -2.04. The average Bonchev–Trinajstić information content (AvgIpc) is 2.87. The van der Waals surface area contributed by atoms with E-state index in [1.165, 1.54) is 6.07 Å². The molecule has 1 N–H and O–H groups in total. The minimum Gasteiger partial charge on any atom is -0.352 e. The van der Waals surface area contributed by atoms with Crippen molar-refractivity contribution in [2.24, 2.45) is 0 Å². The van der Waals surface area contributed by atoms with E-state index in [-0.39, 0.29) is 10.1 Å². The second-order valence-corrected chi connectivity index (χ2v) is 9.05. The van der Waals surface area contributed by atoms with Crippen LogP contribution in [0.2, 0.25) is 0 Å². The van der Waals surface area contributed by atoms with Crippen LogP contribution in [0, 0.1) is 0 Å². The Morgan fingerprint density at radius 1 is 1.29 bits per heavy atom. The molecule has 2 aromatic rings. The van der Waals surface area contributed by atoms with E-state index in [0.717, 1.165) is 20.7 Å². The van der Waals surface area contributed by atoms with Gasteiger partial charge in [0.2, 0.25) is 0 Å². The topological polar surface area (TPSA) is 63.2 Å². The Balaban J connectivity index is 1.90. The molecule has 112 valence electrons. The van der Waals surface area contributed by atoms with Crippen molar-refractivity contribution in [3.05, 3.63) is 51.3 Å². The molecule has 2 rings (SSSR count). The number of halogens is 2. The number of rotatable bonds is 5. The number of carbonyl (C=O) groups excluding carboxylic acids is 1. The number of nitrogens with one attached hydrogen (secondary N) is 1. The van der Waals surface area contributed by atoms with Crippen molar-refractivity contribution in [3.63, 3.8) is 0 Å². The van der Waals surface area contributed by atoms with Crippen LogP contribution >= 0.6 is 37.9 Å². The molecule has 0 aliphatic carbocycles. The monoisotopic (exact) mass is 407 g/mol. The Morgan fingerprint density at radius 3 is 2.67 bits per heavy atom. The number of amides is 1. The molecule has 1 aromatic carbocycles. The number of benzene rings is 1. The quantitative estimate of drug-likeness (QED) is 0.771. The van der Waals surface area contributed by atoms with Crippen LogP contribution in [0.15, 0.2) is 45.1 Å². The van der Waals surface area contributed by atoms with E-state index < -0.39 is 9.05 Å². The lowest BCUT2D eigenvalue weighted by Crippen LogP contribution is -2.25. The Bertz CT molecular complexity index is 758. The summed E-state index contributed by atoms with van der Waals surface area (Å²) in [6, 6.07) is 10.3. The first kappa shape index (κ1) is 16.5. The van der Waals surface area contributed by atoms with Gasteiger partial charge in [-0.3, -0.25) is 4.79 Å². The highest BCUT2D eigenvalue weighted by Crippen LogP contribution is 2.24. The van der Waals surface area contributed by atoms with Gasteiger partial charge in [0.25, 0.3) is 15.0 Å². The zero-order valence-electron chi connectivity index (χ0n) is 10.7. The largest absolute Gasteiger partial charge is 0.352 e. The summed E-state index contributed by atoms with van der Waals surface area (Å²) in [6.45, 7) is 0.424. The summed E-state index contributed by atoms with van der Waals surface area (Å²) in [5.74, 6) is -0.168. The summed E-state index contributed by atoms with van der Waals surface area (Å²) in [4.78, 5) is 12.8. The summed E-state index contributed by atoms with van der Waals surface area (Å²) in [7, 11) is 1.59. The molecule has 0 radical (unpaired) electrons. The molecule has 0 unspecified atom stereocenters. The average molecular weight is 409 g/mol. The van der Waals surface area contributed by atoms with Crippen LogP contribution in [0.4, 0.5) is 0 Å². The van der Waals surface area contributed by atoms with E-state index in [9.17, 15) is 13.2 Å². The molecule has 0 aliphatic heterocycles. The molecular formula is C13H11BrClNO3S2. The predicted molar refractivity (Wildman–Crippen MR) is 87.5 cm³/mol. The summed E-state index contributed by atoms with van der Waals surface area (Å²) in [5, 5.41) is 2.79. The molecule has 1 amide bonds. The maximum Gasteiger partial charge on any atom is 0.270 e. The molecule has 0 saturated carbocycles. The SMILES string of the molecule is O=C(NCCc1ccc(S(=O)(=O)Cl)s1)c1cccc(Br)c1. The van der Waals surface area contributed by atoms with E-state index in [2.05, 4.69) is 21.2 Å². The van der Waals surface area contributed by atoms with Gasteiger partial charge in [0, 0.05) is 32.1 Å². The van der Waals surface area contributed by atoms with Crippen molar-refractivity contribution >= 4 is 52.9 Å². The molecule has 21 heavy (non-hydrogen) atoms. The van der Waals surface area contributed by atoms with Crippen molar-refractivity contribution in [3.8, 4) is 0 Å². The first-order chi connectivity index (χ1) is 9.86. The number of thiophene rings is 1. The van der Waals surface area contributed by atoms with Gasteiger partial charge in [-0.05, 0) is 36.8 Å². The van der Waals surface area contributed by atoms with Gasteiger partial charge in [-0.2, -0.15) is 0 Å². The minimum atomic E-state index is -3.67. The van der Waals surface area contributed by atoms with Gasteiger partial charge in [0.05, 0.1) is 0 Å². The molecule has 0 spiro atoms. The maximum absolute atomic E-state index is 11.9. The van der Waals surface area contributed by atoms with E-state index >= 15 is 0 Å². The van der Waals surface area contributed by atoms with E-state index in [0.29, 0.717) is 18.5 Å². The first-order valence-electron chi connectivity index (χ1n) is 5.93. The van der Waals surface area contributed by atoms with Crippen molar-refractivity contribution in [2.75, 3.05) is 6.54 Å². The fraction of sp³-hybridized carbons (Fsp3) is 0.154. The van der Waals surface area contributed by atoms with Gasteiger partial charge in [-0.1, -0.05) is 22.0 Å². The van der Waals surface area contributed by atoms with Crippen LogP contribution in [0.5, 0.6) is 0 Å². The highest BCUT2D eigenvalue weighted by molar-refractivity contribution is 9.10. The zero-order valence-corrected chi connectivity index (χ0v) is 14.7. The van der Waals surface area contributed by atoms with Crippen molar-refractivity contribution in [2.45, 2.75) is 10.6 Å². The van der Waals surface area contributed by atoms with Crippen LogP contribution in [0.3, 0.4) is 0 Å². The molecule has 0 bridgehead atoms. The molecular weight excluding hydrogens is 398 g/mol. The van der Waals surface area contributed by atoms with Crippen LogP contribution in [-0.2, 0) is 15.5 Å². The second-order valence-electron chi connectivity index (χ2n) is 4.17. The van der Waals surface area contributed by atoms with Crippen LogP contribution in [0.1, 0.15) is 15.2 Å². The van der Waals surface area contributed by atoms with Crippen molar-refractivity contribution in [1.82, 2.24) is 5.32 Å². The zero-order chi connectivity index (χ0) is 15.5. The summed E-state index contributed by atoms with van der Waals surface area (Å²) >= 11 is 4.42. The van der Waals surface area contributed by atoms with Crippen molar-refractivity contribution in [1.29, 1.82) is 0 Å². The summed E-state index contributed by atoms with van der Waals surface area (Å²) in [6.07, 6.45) is 0.552. The molecule has 1 aromatic heterocycles. The third-order valence-corrected chi connectivity index (χ3v) is 6.35. The van der Waals surface area contributed by atoms with E-state index in [1.807, 2.05) is 6.07 Å². The van der Waals surface area contributed by atoms with E-state index in [1.54, 1.807) is 24.3 Å². The first-order valence-corrected chi connectivity index (χ1v) is 9.85. The van der Waals surface area contributed by atoms with Crippen molar-refractivity contribution < 1.29 is 13.2 Å². The smallest absolute Gasteiger partial charge is 0.270 e. The van der Waals surface area contributed by atoms with Crippen LogP contribution in [0.25, 0.3) is 0 Å². The number of hydrogen-bond donors (Lipinski definition) is 1.